The van der Waals surface area contributed by atoms with Crippen molar-refractivity contribution in [2.24, 2.45) is 0 Å². The van der Waals surface area contributed by atoms with Gasteiger partial charge in [-0.1, -0.05) is 29.3 Å². The van der Waals surface area contributed by atoms with E-state index in [-0.39, 0.29) is 47.6 Å². The highest BCUT2D eigenvalue weighted by Crippen LogP contribution is 2.49. The number of hydrogen-bond donors (Lipinski definition) is 1. The number of carbonyl (C=O) groups is 1. The van der Waals surface area contributed by atoms with Crippen LogP contribution in [0.15, 0.2) is 65.3 Å². The minimum absolute atomic E-state index is 0.0459. The van der Waals surface area contributed by atoms with Crippen LogP contribution in [-0.4, -0.2) is 30.2 Å². The molecule has 10 heteroatoms. The summed E-state index contributed by atoms with van der Waals surface area (Å²) in [6, 6.07) is 14.4. The van der Waals surface area contributed by atoms with Crippen molar-refractivity contribution in [1.82, 2.24) is 10.3 Å². The normalized spacial score (nSPS) is 18.2. The molecule has 0 saturated carbocycles. The van der Waals surface area contributed by atoms with Gasteiger partial charge in [0.05, 0.1) is 17.8 Å². The smallest absolute Gasteiger partial charge is 0.370 e. The zero-order chi connectivity index (χ0) is 24.5. The van der Waals surface area contributed by atoms with Gasteiger partial charge in [-0.3, -0.25) is 9.78 Å². The Kier molecular flexibility index (Phi) is 7.12. The Bertz CT molecular complexity index is 1190. The molecule has 1 amide bonds. The standard InChI is InChI=1S/C24H19BrCl2F3N3O/c25-21-12-19(4-5-20(21)22(34)32-13-18-3-1-2-7-31-18)33-8-6-23(14-33,24(28,29)30)15-9-16(26)11-17(27)10-15/h1-5,7,9-12H,6,8,13-14H2,(H,32,34). The maximum atomic E-state index is 14.3. The Hall–Kier alpha value is -2.29. The van der Waals surface area contributed by atoms with Crippen LogP contribution < -0.4 is 10.2 Å². The van der Waals surface area contributed by atoms with E-state index in [1.807, 2.05) is 6.07 Å². The number of alkyl halides is 3. The second-order valence-electron chi connectivity index (χ2n) is 8.08. The minimum atomic E-state index is -4.50. The molecule has 3 aromatic rings. The zero-order valence-corrected chi connectivity index (χ0v) is 20.8. The summed E-state index contributed by atoms with van der Waals surface area (Å²) in [5.41, 5.74) is -0.392. The number of halogens is 6. The van der Waals surface area contributed by atoms with E-state index < -0.39 is 11.6 Å². The molecule has 0 aliphatic carbocycles. The van der Waals surface area contributed by atoms with Crippen LogP contribution >= 0.6 is 39.1 Å². The number of carbonyl (C=O) groups excluding carboxylic acids is 1. The third-order valence-corrected chi connectivity index (χ3v) is 7.04. The minimum Gasteiger partial charge on any atom is -0.370 e. The van der Waals surface area contributed by atoms with E-state index in [1.165, 1.54) is 18.2 Å². The molecule has 0 bridgehead atoms. The van der Waals surface area contributed by atoms with Crippen molar-refractivity contribution in [3.8, 4) is 0 Å². The van der Waals surface area contributed by atoms with Gasteiger partial charge in [0, 0.05) is 39.5 Å². The first-order chi connectivity index (χ1) is 16.1. The van der Waals surface area contributed by atoms with E-state index in [2.05, 4.69) is 26.2 Å². The van der Waals surface area contributed by atoms with Gasteiger partial charge in [-0.25, -0.2) is 0 Å². The summed E-state index contributed by atoms with van der Waals surface area (Å²) in [6.07, 6.45) is -3.00. The third-order valence-electron chi connectivity index (χ3n) is 5.95. The van der Waals surface area contributed by atoms with E-state index in [4.69, 9.17) is 23.2 Å². The predicted octanol–water partition coefficient (Wildman–Crippen LogP) is 6.79. The quantitative estimate of drug-likeness (QED) is 0.366. The van der Waals surface area contributed by atoms with E-state index in [0.717, 1.165) is 0 Å². The van der Waals surface area contributed by atoms with E-state index >= 15 is 0 Å². The molecule has 1 saturated heterocycles. The SMILES string of the molecule is O=C(NCc1ccccn1)c1ccc(N2CCC(c3cc(Cl)cc(Cl)c3)(C(F)(F)F)C2)cc1Br. The van der Waals surface area contributed by atoms with Gasteiger partial charge in [0.25, 0.3) is 5.91 Å². The number of rotatable bonds is 5. The largest absolute Gasteiger partial charge is 0.400 e. The Morgan fingerprint density at radius 3 is 2.47 bits per heavy atom. The van der Waals surface area contributed by atoms with Gasteiger partial charge in [0.15, 0.2) is 0 Å². The topological polar surface area (TPSA) is 45.2 Å². The molecule has 1 fully saturated rings. The number of aromatic nitrogens is 1. The predicted molar refractivity (Wildman–Crippen MR) is 131 cm³/mol. The van der Waals surface area contributed by atoms with E-state index in [1.54, 1.807) is 41.4 Å². The molecular weight excluding hydrogens is 554 g/mol. The maximum absolute atomic E-state index is 14.3. The van der Waals surface area contributed by atoms with Gasteiger partial charge < -0.3 is 10.2 Å². The summed E-state index contributed by atoms with van der Waals surface area (Å²) < 4.78 is 43.5. The lowest BCUT2D eigenvalue weighted by Gasteiger charge is -2.33. The average molecular weight is 573 g/mol. The van der Waals surface area contributed by atoms with Gasteiger partial charge in [0.2, 0.25) is 0 Å². The lowest BCUT2D eigenvalue weighted by molar-refractivity contribution is -0.184. The Balaban J connectivity index is 1.55. The fraction of sp³-hybridized carbons (Fsp3) is 0.250. The molecule has 0 radical (unpaired) electrons. The number of nitrogens with one attached hydrogen (secondary N) is 1. The van der Waals surface area contributed by atoms with Crippen molar-refractivity contribution in [3.05, 3.63) is 92.1 Å². The first-order valence-corrected chi connectivity index (χ1v) is 11.9. The molecule has 4 nitrogen and oxygen atoms in total. The van der Waals surface area contributed by atoms with Gasteiger partial charge >= 0.3 is 6.18 Å². The monoisotopic (exact) mass is 571 g/mol. The van der Waals surface area contributed by atoms with Gasteiger partial charge in [-0.2, -0.15) is 13.2 Å². The van der Waals surface area contributed by atoms with Crippen LogP contribution in [0.3, 0.4) is 0 Å². The van der Waals surface area contributed by atoms with Crippen LogP contribution in [0.4, 0.5) is 18.9 Å². The third kappa shape index (κ3) is 5.04. The second kappa shape index (κ2) is 9.76. The Morgan fingerprint density at radius 2 is 1.85 bits per heavy atom. The fourth-order valence-electron chi connectivity index (χ4n) is 4.14. The molecule has 1 atom stereocenters. The maximum Gasteiger partial charge on any atom is 0.400 e. The fourth-order valence-corrected chi connectivity index (χ4v) is 5.22. The molecule has 1 unspecified atom stereocenters. The molecule has 1 N–H and O–H groups in total. The van der Waals surface area contributed by atoms with Gasteiger partial charge in [-0.05, 0) is 76.4 Å². The number of hydrogen-bond acceptors (Lipinski definition) is 3. The highest BCUT2D eigenvalue weighted by Gasteiger charge is 2.59. The first kappa shape index (κ1) is 24.8. The highest BCUT2D eigenvalue weighted by molar-refractivity contribution is 9.10. The molecular formula is C24H19BrCl2F3N3O. The summed E-state index contributed by atoms with van der Waals surface area (Å²) in [5, 5.41) is 3.11. The molecule has 2 aromatic carbocycles. The van der Waals surface area contributed by atoms with E-state index in [0.29, 0.717) is 21.4 Å². The van der Waals surface area contributed by atoms with Crippen LogP contribution in [0.5, 0.6) is 0 Å². The van der Waals surface area contributed by atoms with Gasteiger partial charge in [-0.15, -0.1) is 0 Å². The lowest BCUT2D eigenvalue weighted by Crippen LogP contribution is -2.44. The van der Waals surface area contributed by atoms with Crippen molar-refractivity contribution in [2.75, 3.05) is 18.0 Å². The summed E-state index contributed by atoms with van der Waals surface area (Å²) in [5.74, 6) is -0.316. The molecule has 1 aromatic heterocycles. The second-order valence-corrected chi connectivity index (χ2v) is 9.80. The number of benzene rings is 2. The van der Waals surface area contributed by atoms with Crippen LogP contribution in [0.1, 0.15) is 28.0 Å². The molecule has 34 heavy (non-hydrogen) atoms. The number of nitrogens with zero attached hydrogens (tertiary/aromatic N) is 2. The van der Waals surface area contributed by atoms with Crippen LogP contribution in [-0.2, 0) is 12.0 Å². The zero-order valence-electron chi connectivity index (χ0n) is 17.7. The molecule has 2 heterocycles. The molecule has 1 aliphatic heterocycles. The van der Waals surface area contributed by atoms with Crippen molar-refractivity contribution in [2.45, 2.75) is 24.6 Å². The van der Waals surface area contributed by atoms with Gasteiger partial charge in [0.1, 0.15) is 5.41 Å². The van der Waals surface area contributed by atoms with Crippen molar-refractivity contribution >= 4 is 50.7 Å². The summed E-state index contributed by atoms with van der Waals surface area (Å²) in [6.45, 7) is 0.155. The van der Waals surface area contributed by atoms with Crippen molar-refractivity contribution < 1.29 is 18.0 Å². The molecule has 178 valence electrons. The number of pyridine rings is 1. The number of anilines is 1. The molecule has 0 spiro atoms. The summed E-state index contributed by atoms with van der Waals surface area (Å²) >= 11 is 15.4. The summed E-state index contributed by atoms with van der Waals surface area (Å²) in [7, 11) is 0. The Morgan fingerprint density at radius 1 is 1.12 bits per heavy atom. The molecule has 4 rings (SSSR count). The van der Waals surface area contributed by atoms with Crippen LogP contribution in [0, 0.1) is 0 Å². The summed E-state index contributed by atoms with van der Waals surface area (Å²) in [4.78, 5) is 18.4. The average Bonchev–Trinajstić information content (AvgIpc) is 3.25. The lowest BCUT2D eigenvalue weighted by atomic mass is 9.79. The highest BCUT2D eigenvalue weighted by atomic mass is 79.9. The molecule has 1 aliphatic rings. The van der Waals surface area contributed by atoms with Crippen molar-refractivity contribution in [1.29, 1.82) is 0 Å². The van der Waals surface area contributed by atoms with E-state index in [9.17, 15) is 18.0 Å². The van der Waals surface area contributed by atoms with Crippen LogP contribution in [0.2, 0.25) is 10.0 Å². The first-order valence-electron chi connectivity index (χ1n) is 10.3. The Labute approximate surface area is 213 Å². The van der Waals surface area contributed by atoms with Crippen molar-refractivity contribution in [3.63, 3.8) is 0 Å². The van der Waals surface area contributed by atoms with Crippen LogP contribution in [0.25, 0.3) is 0 Å². The number of amides is 1.